The van der Waals surface area contributed by atoms with E-state index in [1.807, 2.05) is 0 Å². The highest BCUT2D eigenvalue weighted by molar-refractivity contribution is 5.84. The fourth-order valence-corrected chi connectivity index (χ4v) is 9.01. The number of aliphatic hydroxyl groups is 5. The number of carbonyl (C=O) groups excluding carboxylic acids is 4. The summed E-state index contributed by atoms with van der Waals surface area (Å²) in [5.41, 5.74) is 0. The molecule has 16 heteroatoms. The maximum atomic E-state index is 13.5. The van der Waals surface area contributed by atoms with E-state index in [0.717, 1.165) is 70.6 Å². The first-order valence-electron chi connectivity index (χ1n) is 27.5. The topological polar surface area (TPSA) is 261 Å². The number of unbranched alkanes of at least 4 members (excludes halogenated alkanes) is 24. The van der Waals surface area contributed by atoms with E-state index in [4.69, 9.17) is 9.47 Å². The average Bonchev–Trinajstić information content (AvgIpc) is 3.30. The Morgan fingerprint density at radius 3 is 1.22 bits per heavy atom. The Bertz CT molecular complexity index is 1340. The normalized spacial score (nSPS) is 19.9. The van der Waals surface area contributed by atoms with Gasteiger partial charge in [0.15, 0.2) is 0 Å². The highest BCUT2D eigenvalue weighted by Gasteiger charge is 2.48. The highest BCUT2D eigenvalue weighted by atomic mass is 16.7. The molecule has 0 spiro atoms. The lowest BCUT2D eigenvalue weighted by atomic mass is 9.93. The number of hydrogen-bond donors (Lipinski definition) is 9. The maximum absolute atomic E-state index is 13.5. The van der Waals surface area contributed by atoms with Gasteiger partial charge in [0.05, 0.1) is 50.2 Å². The van der Waals surface area contributed by atoms with Gasteiger partial charge in [0.2, 0.25) is 24.0 Å². The van der Waals surface area contributed by atoms with Crippen molar-refractivity contribution < 1.29 is 64.1 Å². The Balaban J connectivity index is 2.94. The van der Waals surface area contributed by atoms with E-state index in [1.54, 1.807) is 0 Å². The number of esters is 1. The van der Waals surface area contributed by atoms with Crippen LogP contribution in [0.2, 0.25) is 0 Å². The quantitative estimate of drug-likeness (QED) is 0.0208. The zero-order valence-electron chi connectivity index (χ0n) is 43.2. The van der Waals surface area contributed by atoms with Crippen LogP contribution in [0.15, 0.2) is 0 Å². The first-order valence-corrected chi connectivity index (χ1v) is 27.5. The largest absolute Gasteiger partial charge is 0.480 e. The fourth-order valence-electron chi connectivity index (χ4n) is 9.01. The van der Waals surface area contributed by atoms with Crippen LogP contribution in [0, 0.1) is 0 Å². The Hall–Kier alpha value is -2.89. The zero-order valence-corrected chi connectivity index (χ0v) is 43.2. The second kappa shape index (κ2) is 41.7. The van der Waals surface area contributed by atoms with E-state index in [9.17, 15) is 54.6 Å². The summed E-state index contributed by atoms with van der Waals surface area (Å²) in [7, 11) is 0. The summed E-state index contributed by atoms with van der Waals surface area (Å²) in [5, 5.41) is 71.1. The summed E-state index contributed by atoms with van der Waals surface area (Å²) in [6, 6.07) is -4.31. The van der Waals surface area contributed by atoms with Crippen LogP contribution in [-0.4, -0.2) is 122 Å². The van der Waals surface area contributed by atoms with Gasteiger partial charge in [-0.25, -0.2) is 4.79 Å². The van der Waals surface area contributed by atoms with Crippen molar-refractivity contribution >= 4 is 29.7 Å². The van der Waals surface area contributed by atoms with Crippen molar-refractivity contribution in [3.8, 4) is 0 Å². The van der Waals surface area contributed by atoms with Gasteiger partial charge in [-0.05, 0) is 25.7 Å². The van der Waals surface area contributed by atoms with Gasteiger partial charge in [-0.1, -0.05) is 194 Å². The van der Waals surface area contributed by atoms with Crippen molar-refractivity contribution in [2.75, 3.05) is 6.61 Å². The predicted molar refractivity (Wildman–Crippen MR) is 268 cm³/mol. The second-order valence-corrected chi connectivity index (χ2v) is 19.8. The van der Waals surface area contributed by atoms with Crippen LogP contribution in [0.5, 0.6) is 0 Å². The van der Waals surface area contributed by atoms with Gasteiger partial charge in [0.1, 0.15) is 24.3 Å². The monoisotopic (exact) mass is 986 g/mol. The van der Waals surface area contributed by atoms with Crippen LogP contribution in [-0.2, 0) is 33.4 Å². The molecule has 8 unspecified atom stereocenters. The lowest BCUT2D eigenvalue weighted by Crippen LogP contribution is -2.70. The number of amides is 3. The number of carboxylic acids is 1. The summed E-state index contributed by atoms with van der Waals surface area (Å²) < 4.78 is 11.4. The van der Waals surface area contributed by atoms with E-state index < -0.39 is 104 Å². The first-order chi connectivity index (χ1) is 33.3. The van der Waals surface area contributed by atoms with Crippen molar-refractivity contribution in [2.45, 2.75) is 300 Å². The third-order valence-corrected chi connectivity index (χ3v) is 13.3. The van der Waals surface area contributed by atoms with Crippen LogP contribution in [0.25, 0.3) is 0 Å². The van der Waals surface area contributed by atoms with Gasteiger partial charge in [0.25, 0.3) is 0 Å². The molecule has 1 saturated heterocycles. The minimum atomic E-state index is -1.69. The summed E-state index contributed by atoms with van der Waals surface area (Å²) in [6.07, 6.45) is 21.2. The van der Waals surface area contributed by atoms with E-state index in [0.29, 0.717) is 25.7 Å². The molecule has 0 aromatic heterocycles. The van der Waals surface area contributed by atoms with Crippen LogP contribution in [0.3, 0.4) is 0 Å². The number of ether oxygens (including phenoxy) is 2. The van der Waals surface area contributed by atoms with Gasteiger partial charge in [-0.3, -0.25) is 19.2 Å². The molecule has 0 radical (unpaired) electrons. The molecule has 9 atom stereocenters. The molecule has 404 valence electrons. The molecule has 16 nitrogen and oxygen atoms in total. The number of aliphatic hydroxyl groups excluding tert-OH is 5. The zero-order chi connectivity index (χ0) is 51.1. The molecule has 0 aromatic carbocycles. The van der Waals surface area contributed by atoms with Crippen LogP contribution < -0.4 is 16.0 Å². The number of nitrogens with one attached hydrogen (secondary N) is 3. The second-order valence-electron chi connectivity index (χ2n) is 19.8. The standard InChI is InChI=1S/C53H99N3O13/c1-4-7-10-13-16-19-22-25-28-31-40(58)36-45(61)54-43(52(66)67)34-35-48(64)69-53-50(56-47(63)38-42(60)33-30-27-24-21-18-15-12-9-6-3)49(51(65)44(39-57)68-53)55-46(62)37-41(59)32-29-26-23-20-17-14-11-8-5-2/h40-44,49-51,53,57-60,65H,4-39H2,1-3H3,(H,54,61)(H,55,62)(H,56,63)(H,66,67)/t40?,41?,42?,43-,44?,49?,50?,51?,53?/m0/s1. The molecule has 0 saturated carbocycles. The molecule has 0 bridgehead atoms. The molecule has 0 aliphatic carbocycles. The van der Waals surface area contributed by atoms with E-state index in [1.165, 1.54) is 96.3 Å². The van der Waals surface area contributed by atoms with E-state index >= 15 is 0 Å². The van der Waals surface area contributed by atoms with Gasteiger partial charge in [-0.2, -0.15) is 0 Å². The Morgan fingerprint density at radius 1 is 0.507 bits per heavy atom. The molecular weight excluding hydrogens is 887 g/mol. The summed E-state index contributed by atoms with van der Waals surface area (Å²) in [6.45, 7) is 5.78. The lowest BCUT2D eigenvalue weighted by Gasteiger charge is -2.44. The molecule has 1 fully saturated rings. The molecule has 3 amide bonds. The molecular formula is C53H99N3O13. The molecule has 69 heavy (non-hydrogen) atoms. The van der Waals surface area contributed by atoms with E-state index in [-0.39, 0.29) is 19.3 Å². The van der Waals surface area contributed by atoms with Gasteiger partial charge >= 0.3 is 11.9 Å². The molecule has 0 aromatic rings. The van der Waals surface area contributed by atoms with Crippen LogP contribution in [0.1, 0.15) is 245 Å². The van der Waals surface area contributed by atoms with Gasteiger partial charge in [-0.15, -0.1) is 0 Å². The fraction of sp³-hybridized carbons (Fsp3) is 0.906. The predicted octanol–water partition coefficient (Wildman–Crippen LogP) is 7.94. The van der Waals surface area contributed by atoms with Gasteiger partial charge < -0.3 is 56.1 Å². The van der Waals surface area contributed by atoms with Crippen molar-refractivity contribution in [3.63, 3.8) is 0 Å². The number of rotatable bonds is 45. The van der Waals surface area contributed by atoms with Crippen LogP contribution in [0.4, 0.5) is 0 Å². The Labute approximate surface area is 415 Å². The van der Waals surface area contributed by atoms with Crippen molar-refractivity contribution in [2.24, 2.45) is 0 Å². The minimum absolute atomic E-state index is 0.301. The molecule has 9 N–H and O–H groups in total. The van der Waals surface area contributed by atoms with E-state index in [2.05, 4.69) is 36.7 Å². The molecule has 1 aliphatic rings. The third-order valence-electron chi connectivity index (χ3n) is 13.3. The SMILES string of the molecule is CCCCCCCCCCCC(O)CC(=O)NC1C(OC(=O)CC[C@H](NC(=O)CC(O)CCCCCCCCCCC)C(=O)O)OC(CO)C(O)C1NC(=O)CC(O)CCCCCCCCCCC. The Kier molecular flexibility index (Phi) is 38.8. The third kappa shape index (κ3) is 32.7. The van der Waals surface area contributed by atoms with Crippen molar-refractivity contribution in [3.05, 3.63) is 0 Å². The summed E-state index contributed by atoms with van der Waals surface area (Å²) in [4.78, 5) is 65.1. The first kappa shape index (κ1) is 64.1. The highest BCUT2D eigenvalue weighted by Crippen LogP contribution is 2.25. The summed E-state index contributed by atoms with van der Waals surface area (Å²) in [5.74, 6) is -4.43. The number of hydrogen-bond acceptors (Lipinski definition) is 12. The smallest absolute Gasteiger partial charge is 0.326 e. The lowest BCUT2D eigenvalue weighted by molar-refractivity contribution is -0.245. The van der Waals surface area contributed by atoms with Crippen molar-refractivity contribution in [1.82, 2.24) is 16.0 Å². The summed E-state index contributed by atoms with van der Waals surface area (Å²) >= 11 is 0. The molecule has 1 aliphatic heterocycles. The molecule has 1 heterocycles. The maximum Gasteiger partial charge on any atom is 0.326 e. The Morgan fingerprint density at radius 2 is 0.855 bits per heavy atom. The average molecular weight is 986 g/mol. The molecule has 1 rings (SSSR count). The van der Waals surface area contributed by atoms with Crippen molar-refractivity contribution in [1.29, 1.82) is 0 Å². The number of carboxylic acid groups (broad SMARTS) is 1. The van der Waals surface area contributed by atoms with Gasteiger partial charge in [0, 0.05) is 6.42 Å². The number of aliphatic carboxylic acids is 1. The van der Waals surface area contributed by atoms with Crippen LogP contribution >= 0.6 is 0 Å². The minimum Gasteiger partial charge on any atom is -0.480 e. The number of carbonyl (C=O) groups is 5.